The van der Waals surface area contributed by atoms with Crippen molar-refractivity contribution in [3.8, 4) is 0 Å². The Balaban J connectivity index is 2.55. The van der Waals surface area contributed by atoms with E-state index >= 15 is 0 Å². The first-order valence-electron chi connectivity index (χ1n) is 10.3. The Kier molecular flexibility index (Phi) is 7.65. The fourth-order valence-corrected chi connectivity index (χ4v) is 3.58. The minimum Gasteiger partial charge on any atom is -0.468 e. The minimum atomic E-state index is -1.07. The highest BCUT2D eigenvalue weighted by Gasteiger charge is 2.45. The molecule has 0 heterocycles. The normalized spacial score (nSPS) is 12.9. The first-order valence-corrected chi connectivity index (χ1v) is 10.3. The predicted octanol–water partition coefficient (Wildman–Crippen LogP) is 5.09. The molecule has 5 nitrogen and oxygen atoms in total. The Bertz CT molecular complexity index is 786. The van der Waals surface area contributed by atoms with Gasteiger partial charge in [0.15, 0.2) is 0 Å². The quantitative estimate of drug-likeness (QED) is 0.645. The zero-order chi connectivity index (χ0) is 22.4. The maximum absolute atomic E-state index is 13.3. The highest BCUT2D eigenvalue weighted by atomic mass is 16.6. The van der Waals surface area contributed by atoms with E-state index < -0.39 is 17.1 Å². The lowest BCUT2D eigenvalue weighted by molar-refractivity contribution is -0.146. The maximum Gasteiger partial charge on any atom is 0.407 e. The van der Waals surface area contributed by atoms with Crippen molar-refractivity contribution in [3.63, 3.8) is 0 Å². The average Bonchev–Trinajstić information content (AvgIpc) is 2.70. The molecular formula is C25H33NO4. The van der Waals surface area contributed by atoms with Crippen molar-refractivity contribution < 1.29 is 19.1 Å². The van der Waals surface area contributed by atoms with Crippen LogP contribution in [0.15, 0.2) is 60.7 Å². The van der Waals surface area contributed by atoms with E-state index in [1.54, 1.807) is 0 Å². The van der Waals surface area contributed by atoms with E-state index in [4.69, 9.17) is 9.47 Å². The van der Waals surface area contributed by atoms with Gasteiger partial charge in [0.1, 0.15) is 11.0 Å². The van der Waals surface area contributed by atoms with Gasteiger partial charge in [-0.05, 0) is 44.2 Å². The molecule has 1 N–H and O–H groups in total. The largest absolute Gasteiger partial charge is 0.468 e. The smallest absolute Gasteiger partial charge is 0.407 e. The highest BCUT2D eigenvalue weighted by molar-refractivity contribution is 5.88. The second-order valence-corrected chi connectivity index (χ2v) is 8.83. The molecule has 0 aliphatic carbocycles. The summed E-state index contributed by atoms with van der Waals surface area (Å²) >= 11 is 0. The van der Waals surface area contributed by atoms with Crippen molar-refractivity contribution in [2.45, 2.75) is 58.1 Å². The van der Waals surface area contributed by atoms with Crippen LogP contribution in [-0.2, 0) is 19.7 Å². The van der Waals surface area contributed by atoms with E-state index in [1.165, 1.54) is 7.11 Å². The van der Waals surface area contributed by atoms with Crippen LogP contribution in [0.4, 0.5) is 4.79 Å². The average molecular weight is 412 g/mol. The van der Waals surface area contributed by atoms with Gasteiger partial charge in [0.05, 0.1) is 7.11 Å². The Morgan fingerprint density at radius 3 is 1.73 bits per heavy atom. The topological polar surface area (TPSA) is 64.6 Å². The molecule has 0 spiro atoms. The zero-order valence-corrected chi connectivity index (χ0v) is 18.8. The zero-order valence-electron chi connectivity index (χ0n) is 18.8. The molecule has 2 aromatic rings. The molecule has 1 atom stereocenters. The van der Waals surface area contributed by atoms with E-state index in [2.05, 4.69) is 5.32 Å². The minimum absolute atomic E-state index is 0.0639. The van der Waals surface area contributed by atoms with E-state index in [1.807, 2.05) is 95.3 Å². The number of amides is 1. The van der Waals surface area contributed by atoms with Crippen LogP contribution in [0.2, 0.25) is 0 Å². The Morgan fingerprint density at radius 1 is 0.900 bits per heavy atom. The number of hydrogen-bond acceptors (Lipinski definition) is 4. The highest BCUT2D eigenvalue weighted by Crippen LogP contribution is 2.39. The van der Waals surface area contributed by atoms with Crippen molar-refractivity contribution in [1.29, 1.82) is 0 Å². The lowest BCUT2D eigenvalue weighted by Gasteiger charge is -2.37. The van der Waals surface area contributed by atoms with Gasteiger partial charge in [-0.25, -0.2) is 4.79 Å². The van der Waals surface area contributed by atoms with Crippen LogP contribution in [-0.4, -0.2) is 30.8 Å². The monoisotopic (exact) mass is 411 g/mol. The fourth-order valence-electron chi connectivity index (χ4n) is 3.58. The molecule has 2 aromatic carbocycles. The molecule has 162 valence electrons. The third-order valence-corrected chi connectivity index (χ3v) is 5.10. The Morgan fingerprint density at radius 2 is 1.37 bits per heavy atom. The summed E-state index contributed by atoms with van der Waals surface area (Å²) < 4.78 is 10.8. The molecule has 0 saturated heterocycles. The Labute approximate surface area is 179 Å². The first kappa shape index (κ1) is 23.5. The summed E-state index contributed by atoms with van der Waals surface area (Å²) in [7, 11) is 1.40. The number of carbonyl (C=O) groups excluding carboxylic acids is 2. The predicted molar refractivity (Wildman–Crippen MR) is 118 cm³/mol. The van der Waals surface area contributed by atoms with Gasteiger partial charge in [0, 0.05) is 6.04 Å². The van der Waals surface area contributed by atoms with Crippen LogP contribution >= 0.6 is 0 Å². The molecule has 0 aromatic heterocycles. The van der Waals surface area contributed by atoms with E-state index in [-0.39, 0.29) is 17.9 Å². The Hall–Kier alpha value is -2.82. The van der Waals surface area contributed by atoms with Crippen LogP contribution < -0.4 is 5.32 Å². The van der Waals surface area contributed by atoms with Crippen LogP contribution in [0.1, 0.15) is 52.2 Å². The van der Waals surface area contributed by atoms with Gasteiger partial charge >= 0.3 is 12.1 Å². The lowest BCUT2D eigenvalue weighted by Crippen LogP contribution is -2.49. The first-order chi connectivity index (χ1) is 14.1. The molecule has 0 fully saturated rings. The van der Waals surface area contributed by atoms with Gasteiger partial charge in [0.2, 0.25) is 0 Å². The van der Waals surface area contributed by atoms with Crippen molar-refractivity contribution in [2.24, 2.45) is 5.92 Å². The lowest BCUT2D eigenvalue weighted by atomic mass is 9.69. The summed E-state index contributed by atoms with van der Waals surface area (Å²) in [6.07, 6.45) is -0.161. The standard InChI is InChI=1S/C25H33NO4/c1-18(2)21(26-23(28)30-24(3,4)5)17-25(22(27)29-6,19-13-9-7-10-14-19)20-15-11-8-12-16-20/h7-16,18,21H,17H2,1-6H3,(H,26,28). The van der Waals surface area contributed by atoms with Crippen molar-refractivity contribution in [2.75, 3.05) is 7.11 Å². The third kappa shape index (κ3) is 5.62. The molecule has 0 saturated carbocycles. The number of rotatable bonds is 7. The number of benzene rings is 2. The van der Waals surface area contributed by atoms with E-state index in [9.17, 15) is 9.59 Å². The number of alkyl carbamates (subject to hydrolysis) is 1. The summed E-state index contributed by atoms with van der Waals surface area (Å²) in [6.45, 7) is 9.50. The summed E-state index contributed by atoms with van der Waals surface area (Å²) in [5, 5.41) is 2.98. The summed E-state index contributed by atoms with van der Waals surface area (Å²) in [4.78, 5) is 25.9. The summed E-state index contributed by atoms with van der Waals surface area (Å²) in [6, 6.07) is 18.8. The molecule has 5 heteroatoms. The van der Waals surface area contributed by atoms with Crippen LogP contribution in [0.25, 0.3) is 0 Å². The number of esters is 1. The SMILES string of the molecule is COC(=O)C(CC(NC(=O)OC(C)(C)C)C(C)C)(c1ccccc1)c1ccccc1. The van der Waals surface area contributed by atoms with E-state index in [0.717, 1.165) is 11.1 Å². The van der Waals surface area contributed by atoms with Gasteiger partial charge in [-0.2, -0.15) is 0 Å². The second kappa shape index (κ2) is 9.79. The molecule has 2 rings (SSSR count). The molecule has 30 heavy (non-hydrogen) atoms. The van der Waals surface area contributed by atoms with Gasteiger partial charge < -0.3 is 14.8 Å². The molecule has 0 aliphatic rings. The third-order valence-electron chi connectivity index (χ3n) is 5.10. The second-order valence-electron chi connectivity index (χ2n) is 8.83. The summed E-state index contributed by atoms with van der Waals surface area (Å²) in [5.41, 5.74) is -0.0372. The molecule has 1 amide bonds. The number of methoxy groups -OCH3 is 1. The number of carbonyl (C=O) groups is 2. The van der Waals surface area contributed by atoms with Crippen molar-refractivity contribution in [1.82, 2.24) is 5.32 Å². The van der Waals surface area contributed by atoms with Crippen molar-refractivity contribution >= 4 is 12.1 Å². The van der Waals surface area contributed by atoms with Crippen molar-refractivity contribution in [3.05, 3.63) is 71.8 Å². The van der Waals surface area contributed by atoms with Crippen LogP contribution in [0, 0.1) is 5.92 Å². The number of ether oxygens (including phenoxy) is 2. The molecule has 1 unspecified atom stereocenters. The molecular weight excluding hydrogens is 378 g/mol. The molecule has 0 radical (unpaired) electrons. The van der Waals surface area contributed by atoms with Gasteiger partial charge in [0.25, 0.3) is 0 Å². The van der Waals surface area contributed by atoms with E-state index in [0.29, 0.717) is 6.42 Å². The maximum atomic E-state index is 13.3. The molecule has 0 bridgehead atoms. The van der Waals surface area contributed by atoms with Gasteiger partial charge in [-0.1, -0.05) is 74.5 Å². The summed E-state index contributed by atoms with van der Waals surface area (Å²) in [5.74, 6) is -0.300. The molecule has 0 aliphatic heterocycles. The number of hydrogen-bond donors (Lipinski definition) is 1. The van der Waals surface area contributed by atoms with Crippen LogP contribution in [0.3, 0.4) is 0 Å². The van der Waals surface area contributed by atoms with Gasteiger partial charge in [-0.15, -0.1) is 0 Å². The van der Waals surface area contributed by atoms with Crippen LogP contribution in [0.5, 0.6) is 0 Å². The number of nitrogens with one attached hydrogen (secondary N) is 1. The van der Waals surface area contributed by atoms with Gasteiger partial charge in [-0.3, -0.25) is 4.79 Å². The fraction of sp³-hybridized carbons (Fsp3) is 0.440.